The van der Waals surface area contributed by atoms with Crippen LogP contribution in [0.15, 0.2) is 18.2 Å². The van der Waals surface area contributed by atoms with Gasteiger partial charge in [-0.1, -0.05) is 18.2 Å². The van der Waals surface area contributed by atoms with Crippen molar-refractivity contribution in [1.29, 1.82) is 0 Å². The Morgan fingerprint density at radius 1 is 1.08 bits per heavy atom. The molecular formula is C28H45N3O6S. The van der Waals surface area contributed by atoms with E-state index in [1.54, 1.807) is 39.5 Å². The first kappa shape index (κ1) is 33.3. The lowest BCUT2D eigenvalue weighted by Crippen LogP contribution is -2.55. The van der Waals surface area contributed by atoms with Crippen molar-refractivity contribution in [3.05, 3.63) is 34.9 Å². The monoisotopic (exact) mass is 551 g/mol. The summed E-state index contributed by atoms with van der Waals surface area (Å²) in [5, 5.41) is 5.55. The molecule has 2 atom stereocenters. The molecule has 1 aromatic carbocycles. The number of rotatable bonds is 13. The maximum Gasteiger partial charge on any atom is 0.408 e. The number of nitrogens with zero attached hydrogens (tertiary/aromatic N) is 1. The number of aryl methyl sites for hydroxylation is 2. The van der Waals surface area contributed by atoms with Crippen LogP contribution in [-0.2, 0) is 23.9 Å². The smallest absolute Gasteiger partial charge is 0.408 e. The topological polar surface area (TPSA) is 114 Å². The van der Waals surface area contributed by atoms with Gasteiger partial charge in [-0.3, -0.25) is 14.4 Å². The second kappa shape index (κ2) is 15.6. The lowest BCUT2D eigenvalue weighted by atomic mass is 9.92. The van der Waals surface area contributed by atoms with Gasteiger partial charge in [-0.15, -0.1) is 0 Å². The summed E-state index contributed by atoms with van der Waals surface area (Å²) in [4.78, 5) is 53.8. The molecule has 10 heteroatoms. The van der Waals surface area contributed by atoms with E-state index >= 15 is 0 Å². The molecule has 2 unspecified atom stereocenters. The molecule has 0 fully saturated rings. The van der Waals surface area contributed by atoms with Crippen LogP contribution in [-0.4, -0.2) is 71.6 Å². The van der Waals surface area contributed by atoms with Crippen molar-refractivity contribution in [2.24, 2.45) is 0 Å². The maximum atomic E-state index is 14.1. The second-order valence-electron chi connectivity index (χ2n) is 10.4. The largest absolute Gasteiger partial charge is 0.466 e. The summed E-state index contributed by atoms with van der Waals surface area (Å²) in [5.74, 6) is -0.576. The lowest BCUT2D eigenvalue weighted by molar-refractivity contribution is -0.145. The number of nitrogens with one attached hydrogen (secondary N) is 2. The Labute approximate surface area is 231 Å². The van der Waals surface area contributed by atoms with E-state index in [4.69, 9.17) is 9.47 Å². The SMILES string of the molecule is CCOC(=O)CCNC(=O)C(c1c(C)cccc1C)N(C(=O)C(CCSC)NC(=O)OC(C)(C)C)C(C)C. The summed E-state index contributed by atoms with van der Waals surface area (Å²) in [7, 11) is 0. The highest BCUT2D eigenvalue weighted by Crippen LogP contribution is 2.30. The van der Waals surface area contributed by atoms with Crippen LogP contribution in [0.5, 0.6) is 0 Å². The zero-order chi connectivity index (χ0) is 29.0. The van der Waals surface area contributed by atoms with Crippen LogP contribution in [0, 0.1) is 13.8 Å². The molecule has 0 saturated heterocycles. The Morgan fingerprint density at radius 2 is 1.68 bits per heavy atom. The summed E-state index contributed by atoms with van der Waals surface area (Å²) in [5.41, 5.74) is 1.70. The molecule has 1 aromatic rings. The quantitative estimate of drug-likeness (QED) is 0.352. The average molecular weight is 552 g/mol. The van der Waals surface area contributed by atoms with Crippen LogP contribution in [0.1, 0.15) is 77.1 Å². The predicted octanol–water partition coefficient (Wildman–Crippen LogP) is 4.30. The van der Waals surface area contributed by atoms with Gasteiger partial charge in [-0.25, -0.2) is 4.79 Å². The van der Waals surface area contributed by atoms with Gasteiger partial charge in [0.15, 0.2) is 0 Å². The molecule has 0 bridgehead atoms. The first-order valence-electron chi connectivity index (χ1n) is 13.0. The number of carbonyl (C=O) groups excluding carboxylic acids is 4. The van der Waals surface area contributed by atoms with Crippen LogP contribution < -0.4 is 10.6 Å². The standard InChI is InChI=1S/C28H45N3O6S/c1-10-36-22(32)14-16-29-25(33)24(23-19(4)12-11-13-20(23)5)31(18(2)3)26(34)21(15-17-38-9)30-27(35)37-28(6,7)8/h11-13,18,21,24H,10,14-17H2,1-9H3,(H,29,33)(H,30,35). The van der Waals surface area contributed by atoms with Crippen molar-refractivity contribution in [1.82, 2.24) is 15.5 Å². The number of esters is 1. The fourth-order valence-electron chi connectivity index (χ4n) is 4.08. The fraction of sp³-hybridized carbons (Fsp3) is 0.643. The van der Waals surface area contributed by atoms with Gasteiger partial charge in [0.25, 0.3) is 0 Å². The molecule has 2 N–H and O–H groups in total. The van der Waals surface area contributed by atoms with E-state index < -0.39 is 35.7 Å². The van der Waals surface area contributed by atoms with Crippen LogP contribution in [0.4, 0.5) is 4.79 Å². The van der Waals surface area contributed by atoms with Crippen LogP contribution in [0.25, 0.3) is 0 Å². The van der Waals surface area contributed by atoms with Crippen molar-refractivity contribution >= 4 is 35.6 Å². The van der Waals surface area contributed by atoms with E-state index in [-0.39, 0.29) is 31.5 Å². The fourth-order valence-corrected chi connectivity index (χ4v) is 4.55. The predicted molar refractivity (Wildman–Crippen MR) is 151 cm³/mol. The van der Waals surface area contributed by atoms with Crippen molar-refractivity contribution in [3.8, 4) is 0 Å². The van der Waals surface area contributed by atoms with Gasteiger partial charge in [0.1, 0.15) is 17.7 Å². The molecule has 0 radical (unpaired) electrons. The minimum absolute atomic E-state index is 0.0191. The van der Waals surface area contributed by atoms with Crippen molar-refractivity contribution < 1.29 is 28.7 Å². The molecule has 1 rings (SSSR count). The molecule has 0 heterocycles. The second-order valence-corrected chi connectivity index (χ2v) is 11.4. The average Bonchev–Trinajstić information content (AvgIpc) is 2.79. The van der Waals surface area contributed by atoms with Gasteiger partial charge in [-0.05, 0) is 90.5 Å². The summed E-state index contributed by atoms with van der Waals surface area (Å²) in [6.45, 7) is 14.8. The first-order valence-corrected chi connectivity index (χ1v) is 14.4. The van der Waals surface area contributed by atoms with E-state index in [0.29, 0.717) is 17.7 Å². The number of carbonyl (C=O) groups is 4. The molecular weight excluding hydrogens is 506 g/mol. The molecule has 0 aliphatic carbocycles. The van der Waals surface area contributed by atoms with Crippen LogP contribution in [0.2, 0.25) is 0 Å². The summed E-state index contributed by atoms with van der Waals surface area (Å²) >= 11 is 1.56. The van der Waals surface area contributed by atoms with E-state index in [1.807, 2.05) is 52.1 Å². The van der Waals surface area contributed by atoms with Gasteiger partial charge in [0.2, 0.25) is 11.8 Å². The molecule has 0 aliphatic rings. The van der Waals surface area contributed by atoms with E-state index in [2.05, 4.69) is 10.6 Å². The number of thioether (sulfide) groups is 1. The van der Waals surface area contributed by atoms with E-state index in [1.165, 1.54) is 4.90 Å². The highest BCUT2D eigenvalue weighted by Gasteiger charge is 2.38. The third kappa shape index (κ3) is 10.6. The molecule has 214 valence electrons. The van der Waals surface area contributed by atoms with Crippen molar-refractivity contribution in [2.45, 2.75) is 92.0 Å². The van der Waals surface area contributed by atoms with Gasteiger partial charge in [-0.2, -0.15) is 11.8 Å². The Balaban J connectivity index is 3.45. The number of ether oxygens (including phenoxy) is 2. The summed E-state index contributed by atoms with van der Waals surface area (Å²) < 4.78 is 10.4. The first-order chi connectivity index (χ1) is 17.7. The van der Waals surface area contributed by atoms with Gasteiger partial charge < -0.3 is 25.0 Å². The van der Waals surface area contributed by atoms with Gasteiger partial charge >= 0.3 is 12.1 Å². The maximum absolute atomic E-state index is 14.1. The molecule has 38 heavy (non-hydrogen) atoms. The van der Waals surface area contributed by atoms with Gasteiger partial charge in [0, 0.05) is 12.6 Å². The Morgan fingerprint density at radius 3 is 2.18 bits per heavy atom. The van der Waals surface area contributed by atoms with Gasteiger partial charge in [0.05, 0.1) is 13.0 Å². The number of alkyl carbamates (subject to hydrolysis) is 1. The third-order valence-corrected chi connectivity index (χ3v) is 6.33. The zero-order valence-electron chi connectivity index (χ0n) is 24.3. The van der Waals surface area contributed by atoms with E-state index in [0.717, 1.165) is 11.1 Å². The van der Waals surface area contributed by atoms with Crippen LogP contribution in [0.3, 0.4) is 0 Å². The summed E-state index contributed by atoms with van der Waals surface area (Å²) in [6.07, 6.45) is 1.62. The number of amides is 3. The number of benzene rings is 1. The Hall–Kier alpha value is -2.75. The number of hydrogen-bond donors (Lipinski definition) is 2. The number of hydrogen-bond acceptors (Lipinski definition) is 7. The third-order valence-electron chi connectivity index (χ3n) is 5.69. The minimum Gasteiger partial charge on any atom is -0.466 e. The summed E-state index contributed by atoms with van der Waals surface area (Å²) in [6, 6.07) is 3.46. The molecule has 0 spiro atoms. The highest BCUT2D eigenvalue weighted by atomic mass is 32.2. The normalized spacial score (nSPS) is 12.9. The van der Waals surface area contributed by atoms with Crippen LogP contribution >= 0.6 is 11.8 Å². The molecule has 0 aliphatic heterocycles. The zero-order valence-corrected chi connectivity index (χ0v) is 25.1. The van der Waals surface area contributed by atoms with E-state index in [9.17, 15) is 19.2 Å². The molecule has 0 aromatic heterocycles. The van der Waals surface area contributed by atoms with Crippen molar-refractivity contribution in [2.75, 3.05) is 25.2 Å². The molecule has 0 saturated carbocycles. The highest BCUT2D eigenvalue weighted by molar-refractivity contribution is 7.98. The Bertz CT molecular complexity index is 940. The lowest BCUT2D eigenvalue weighted by Gasteiger charge is -2.38. The molecule has 9 nitrogen and oxygen atoms in total. The minimum atomic E-state index is -0.969. The van der Waals surface area contributed by atoms with Crippen molar-refractivity contribution in [3.63, 3.8) is 0 Å². The molecule has 3 amide bonds. The Kier molecular flexibility index (Phi) is 13.7.